The fraction of sp³-hybridized carbons (Fsp3) is 0.529. The van der Waals surface area contributed by atoms with Crippen molar-refractivity contribution in [2.45, 2.75) is 39.7 Å². The summed E-state index contributed by atoms with van der Waals surface area (Å²) in [5.74, 6) is -0.519. The largest absolute Gasteiger partial charge is 0.343 e. The molecule has 0 aromatic heterocycles. The van der Waals surface area contributed by atoms with E-state index in [1.165, 1.54) is 12.1 Å². The van der Waals surface area contributed by atoms with E-state index in [-0.39, 0.29) is 16.0 Å². The molecule has 2 N–H and O–H groups in total. The Morgan fingerprint density at radius 3 is 2.44 bits per heavy atom. The number of carbonyl (C=O) groups excluding carboxylic acids is 2. The molecule has 1 aromatic rings. The van der Waals surface area contributed by atoms with Crippen molar-refractivity contribution in [3.05, 3.63) is 33.6 Å². The first kappa shape index (κ1) is 21.5. The minimum Gasteiger partial charge on any atom is -0.343 e. The van der Waals surface area contributed by atoms with Gasteiger partial charge < -0.3 is 15.5 Å². The zero-order valence-electron chi connectivity index (χ0n) is 14.7. The van der Waals surface area contributed by atoms with Gasteiger partial charge in [0.05, 0.1) is 11.1 Å². The predicted molar refractivity (Wildman–Crippen MR) is 98.5 cm³/mol. The van der Waals surface area contributed by atoms with Crippen LogP contribution in [0.25, 0.3) is 0 Å². The Balaban J connectivity index is 2.42. The van der Waals surface area contributed by atoms with E-state index in [4.69, 9.17) is 23.2 Å². The molecule has 25 heavy (non-hydrogen) atoms. The molecular weight excluding hydrogens is 368 g/mol. The third-order valence-electron chi connectivity index (χ3n) is 3.82. The molecule has 0 aliphatic rings. The van der Waals surface area contributed by atoms with Crippen LogP contribution in [0.2, 0.25) is 10.0 Å². The second kappa shape index (κ2) is 10.5. The van der Waals surface area contributed by atoms with Gasteiger partial charge in [0.1, 0.15) is 5.82 Å². The molecule has 5 nitrogen and oxygen atoms in total. The average Bonchev–Trinajstić information content (AvgIpc) is 2.56. The van der Waals surface area contributed by atoms with Gasteiger partial charge in [0, 0.05) is 31.1 Å². The monoisotopic (exact) mass is 391 g/mol. The van der Waals surface area contributed by atoms with Gasteiger partial charge in [-0.25, -0.2) is 9.18 Å². The number of nitrogens with one attached hydrogen (secondary N) is 2. The molecule has 0 radical (unpaired) electrons. The third kappa shape index (κ3) is 6.71. The highest BCUT2D eigenvalue weighted by Crippen LogP contribution is 2.28. The number of hydrogen-bond donors (Lipinski definition) is 2. The highest BCUT2D eigenvalue weighted by atomic mass is 35.5. The maximum absolute atomic E-state index is 13.5. The fourth-order valence-electron chi connectivity index (χ4n) is 2.37. The number of halogens is 3. The Hall–Kier alpha value is -1.53. The summed E-state index contributed by atoms with van der Waals surface area (Å²) in [6.07, 6.45) is 0.930. The molecule has 0 spiro atoms. The predicted octanol–water partition coefficient (Wildman–Crippen LogP) is 4.14. The zero-order valence-corrected chi connectivity index (χ0v) is 16.2. The smallest absolute Gasteiger partial charge is 0.315 e. The Morgan fingerprint density at radius 2 is 1.84 bits per heavy atom. The van der Waals surface area contributed by atoms with E-state index in [2.05, 4.69) is 10.6 Å². The maximum atomic E-state index is 13.5. The van der Waals surface area contributed by atoms with Crippen LogP contribution < -0.4 is 10.6 Å². The topological polar surface area (TPSA) is 61.4 Å². The molecule has 0 aliphatic carbocycles. The van der Waals surface area contributed by atoms with Crippen LogP contribution in [0.15, 0.2) is 12.1 Å². The first-order valence-corrected chi connectivity index (χ1v) is 9.02. The van der Waals surface area contributed by atoms with Crippen LogP contribution in [-0.4, -0.2) is 36.5 Å². The summed E-state index contributed by atoms with van der Waals surface area (Å²) in [5, 5.41) is 5.57. The zero-order chi connectivity index (χ0) is 19.0. The maximum Gasteiger partial charge on any atom is 0.315 e. The van der Waals surface area contributed by atoms with Gasteiger partial charge in [-0.3, -0.25) is 4.79 Å². The van der Waals surface area contributed by atoms with Gasteiger partial charge in [-0.1, -0.05) is 23.2 Å². The number of amides is 3. The van der Waals surface area contributed by atoms with Crippen LogP contribution in [0.1, 0.15) is 45.2 Å². The quantitative estimate of drug-likeness (QED) is 0.516. The van der Waals surface area contributed by atoms with Crippen LogP contribution in [0, 0.1) is 5.82 Å². The number of rotatable bonds is 8. The van der Waals surface area contributed by atoms with Crippen molar-refractivity contribution in [3.8, 4) is 0 Å². The lowest BCUT2D eigenvalue weighted by Gasteiger charge is -2.19. The highest BCUT2D eigenvalue weighted by molar-refractivity contribution is 6.35. The van der Waals surface area contributed by atoms with Crippen molar-refractivity contribution in [1.82, 2.24) is 15.5 Å². The Bertz CT molecular complexity index is 610. The Labute approximate surface area is 157 Å². The van der Waals surface area contributed by atoms with Crippen LogP contribution in [0.3, 0.4) is 0 Å². The second-order valence-electron chi connectivity index (χ2n) is 5.58. The fourth-order valence-corrected chi connectivity index (χ4v) is 2.92. The van der Waals surface area contributed by atoms with Crippen LogP contribution >= 0.6 is 23.2 Å². The first-order chi connectivity index (χ1) is 11.8. The molecule has 140 valence electrons. The highest BCUT2D eigenvalue weighted by Gasteiger charge is 2.15. The van der Waals surface area contributed by atoms with Crippen LogP contribution in [-0.2, 0) is 4.79 Å². The van der Waals surface area contributed by atoms with Gasteiger partial charge in [-0.05, 0) is 44.9 Å². The number of nitrogens with zero attached hydrogens (tertiary/aromatic N) is 1. The summed E-state index contributed by atoms with van der Waals surface area (Å²) in [4.78, 5) is 25.5. The van der Waals surface area contributed by atoms with Crippen molar-refractivity contribution in [2.75, 3.05) is 19.6 Å². The van der Waals surface area contributed by atoms with Gasteiger partial charge in [0.25, 0.3) is 0 Å². The first-order valence-electron chi connectivity index (χ1n) is 8.26. The number of benzene rings is 1. The van der Waals surface area contributed by atoms with Crippen molar-refractivity contribution in [2.24, 2.45) is 0 Å². The molecule has 1 aromatic carbocycles. The van der Waals surface area contributed by atoms with Crippen molar-refractivity contribution in [3.63, 3.8) is 0 Å². The molecule has 0 saturated heterocycles. The summed E-state index contributed by atoms with van der Waals surface area (Å²) >= 11 is 11.7. The summed E-state index contributed by atoms with van der Waals surface area (Å²) in [6.45, 7) is 7.28. The molecule has 0 aliphatic heterocycles. The summed E-state index contributed by atoms with van der Waals surface area (Å²) in [7, 11) is 0. The van der Waals surface area contributed by atoms with Gasteiger partial charge in [-0.2, -0.15) is 0 Å². The van der Waals surface area contributed by atoms with E-state index >= 15 is 0 Å². The Morgan fingerprint density at radius 1 is 1.20 bits per heavy atom. The molecule has 1 rings (SSSR count). The summed E-state index contributed by atoms with van der Waals surface area (Å²) < 4.78 is 13.5. The van der Waals surface area contributed by atoms with E-state index < -0.39 is 17.9 Å². The molecule has 8 heteroatoms. The molecule has 0 bridgehead atoms. The molecule has 1 atom stereocenters. The molecule has 0 heterocycles. The summed E-state index contributed by atoms with van der Waals surface area (Å²) in [6, 6.07) is 1.62. The van der Waals surface area contributed by atoms with Gasteiger partial charge in [0.15, 0.2) is 0 Å². The molecule has 0 fully saturated rings. The summed E-state index contributed by atoms with van der Waals surface area (Å²) in [5.41, 5.74) is 0.440. The van der Waals surface area contributed by atoms with Crippen molar-refractivity contribution < 1.29 is 14.0 Å². The van der Waals surface area contributed by atoms with Crippen molar-refractivity contribution in [1.29, 1.82) is 0 Å². The SMILES string of the molecule is CCN(CC)C(=O)CCCNC(=O)NC(C)c1cc(F)c(Cl)cc1Cl. The lowest BCUT2D eigenvalue weighted by molar-refractivity contribution is -0.130. The van der Waals surface area contributed by atoms with E-state index in [9.17, 15) is 14.0 Å². The molecular formula is C17H24Cl2FN3O2. The molecule has 3 amide bonds. The minimum atomic E-state index is -0.593. The van der Waals surface area contributed by atoms with Crippen LogP contribution in [0.4, 0.5) is 9.18 Å². The number of hydrogen-bond acceptors (Lipinski definition) is 2. The van der Waals surface area contributed by atoms with E-state index in [0.29, 0.717) is 38.0 Å². The van der Waals surface area contributed by atoms with Crippen molar-refractivity contribution >= 4 is 35.1 Å². The van der Waals surface area contributed by atoms with Gasteiger partial charge in [-0.15, -0.1) is 0 Å². The average molecular weight is 392 g/mol. The normalized spacial score (nSPS) is 11.8. The van der Waals surface area contributed by atoms with Gasteiger partial charge >= 0.3 is 6.03 Å². The van der Waals surface area contributed by atoms with Gasteiger partial charge in [0.2, 0.25) is 5.91 Å². The lowest BCUT2D eigenvalue weighted by atomic mass is 10.1. The minimum absolute atomic E-state index is 0.0664. The van der Waals surface area contributed by atoms with E-state index in [1.807, 2.05) is 13.8 Å². The molecule has 0 saturated carbocycles. The third-order valence-corrected chi connectivity index (χ3v) is 4.44. The second-order valence-corrected chi connectivity index (χ2v) is 6.39. The van der Waals surface area contributed by atoms with E-state index in [1.54, 1.807) is 11.8 Å². The number of carbonyl (C=O) groups is 2. The standard InChI is InChI=1S/C17H24Cl2FN3O2/c1-4-23(5-2)16(24)7-6-8-21-17(25)22-11(3)12-9-15(20)14(19)10-13(12)18/h9-11H,4-8H2,1-3H3,(H2,21,22,25). The lowest BCUT2D eigenvalue weighted by Crippen LogP contribution is -2.38. The number of urea groups is 1. The van der Waals surface area contributed by atoms with Crippen LogP contribution in [0.5, 0.6) is 0 Å². The molecule has 1 unspecified atom stereocenters. The van der Waals surface area contributed by atoms with E-state index in [0.717, 1.165) is 0 Å². The Kier molecular flexibility index (Phi) is 9.00.